The van der Waals surface area contributed by atoms with Gasteiger partial charge in [-0.25, -0.2) is 0 Å². The summed E-state index contributed by atoms with van der Waals surface area (Å²) in [5, 5.41) is 0. The van der Waals surface area contributed by atoms with Crippen molar-refractivity contribution in [3.8, 4) is 0 Å². The molecule has 0 aliphatic rings. The van der Waals surface area contributed by atoms with Crippen molar-refractivity contribution in [2.24, 2.45) is 11.8 Å². The van der Waals surface area contributed by atoms with Gasteiger partial charge in [0.1, 0.15) is 6.10 Å². The average molecular weight is 200 g/mol. The number of Topliss-reactive ketones (excluding diaryl/α,β-unsaturated/α-hetero) is 1. The zero-order valence-corrected chi connectivity index (χ0v) is 10.5. The lowest BCUT2D eigenvalue weighted by atomic mass is 9.95. The highest BCUT2D eigenvalue weighted by Crippen LogP contribution is 2.19. The summed E-state index contributed by atoms with van der Waals surface area (Å²) >= 11 is 0. The van der Waals surface area contributed by atoms with Gasteiger partial charge in [-0.1, -0.05) is 27.7 Å². The first-order valence-electron chi connectivity index (χ1n) is 5.36. The van der Waals surface area contributed by atoms with Crippen LogP contribution >= 0.6 is 0 Å². The molecule has 0 aromatic carbocycles. The summed E-state index contributed by atoms with van der Waals surface area (Å²) in [5.74, 6) is 0.490. The molecule has 0 rings (SSSR count). The number of ether oxygens (including phenoxy) is 1. The minimum absolute atomic E-state index is 0.0461. The molecule has 2 nitrogen and oxygen atoms in total. The van der Waals surface area contributed by atoms with E-state index in [9.17, 15) is 4.79 Å². The molecule has 0 spiro atoms. The summed E-state index contributed by atoms with van der Waals surface area (Å²) in [4.78, 5) is 11.8. The molecule has 0 aromatic heterocycles. The Morgan fingerprint density at radius 2 is 1.50 bits per heavy atom. The van der Waals surface area contributed by atoms with Gasteiger partial charge < -0.3 is 4.74 Å². The lowest BCUT2D eigenvalue weighted by molar-refractivity contribution is -0.148. The van der Waals surface area contributed by atoms with Crippen molar-refractivity contribution < 1.29 is 9.53 Å². The number of rotatable bonds is 4. The highest BCUT2D eigenvalue weighted by atomic mass is 16.5. The molecule has 0 bridgehead atoms. The summed E-state index contributed by atoms with van der Waals surface area (Å²) in [5.41, 5.74) is -0.251. The minimum Gasteiger partial charge on any atom is -0.365 e. The van der Waals surface area contributed by atoms with Crippen LogP contribution in [-0.2, 0) is 9.53 Å². The molecule has 0 saturated carbocycles. The Bertz CT molecular complexity index is 187. The van der Waals surface area contributed by atoms with Gasteiger partial charge in [0, 0.05) is 5.92 Å². The smallest absolute Gasteiger partial charge is 0.164 e. The number of hydrogen-bond acceptors (Lipinski definition) is 2. The SMILES string of the molecule is CC(C)C(=O)[C@@H](OC(C)(C)C)C(C)C. The molecular weight excluding hydrogens is 176 g/mol. The molecule has 84 valence electrons. The van der Waals surface area contributed by atoms with Crippen LogP contribution in [0, 0.1) is 11.8 Å². The highest BCUT2D eigenvalue weighted by molar-refractivity contribution is 5.85. The number of carbonyl (C=O) groups excluding carboxylic acids is 1. The molecule has 14 heavy (non-hydrogen) atoms. The Labute approximate surface area is 88.0 Å². The van der Waals surface area contributed by atoms with Crippen LogP contribution in [0.25, 0.3) is 0 Å². The third-order valence-corrected chi connectivity index (χ3v) is 1.94. The first kappa shape index (κ1) is 13.6. The van der Waals surface area contributed by atoms with Crippen molar-refractivity contribution in [3.63, 3.8) is 0 Å². The quantitative estimate of drug-likeness (QED) is 0.697. The molecule has 0 fully saturated rings. The topological polar surface area (TPSA) is 26.3 Å². The second-order valence-electron chi connectivity index (χ2n) is 5.45. The van der Waals surface area contributed by atoms with Crippen molar-refractivity contribution in [2.45, 2.75) is 60.2 Å². The molecule has 0 aromatic rings. The Hall–Kier alpha value is -0.370. The van der Waals surface area contributed by atoms with Crippen LogP contribution in [0.15, 0.2) is 0 Å². The third kappa shape index (κ3) is 4.75. The van der Waals surface area contributed by atoms with Gasteiger partial charge in [0.05, 0.1) is 5.60 Å². The third-order valence-electron chi connectivity index (χ3n) is 1.94. The van der Waals surface area contributed by atoms with Crippen molar-refractivity contribution in [3.05, 3.63) is 0 Å². The van der Waals surface area contributed by atoms with Gasteiger partial charge in [-0.3, -0.25) is 4.79 Å². The zero-order chi connectivity index (χ0) is 11.5. The summed E-state index contributed by atoms with van der Waals surface area (Å²) < 4.78 is 5.77. The van der Waals surface area contributed by atoms with E-state index in [0.717, 1.165) is 0 Å². The monoisotopic (exact) mass is 200 g/mol. The molecule has 0 radical (unpaired) electrons. The van der Waals surface area contributed by atoms with E-state index in [1.165, 1.54) is 0 Å². The normalized spacial score (nSPS) is 14.9. The fourth-order valence-corrected chi connectivity index (χ4v) is 1.23. The van der Waals surface area contributed by atoms with Gasteiger partial charge in [-0.05, 0) is 26.7 Å². The van der Waals surface area contributed by atoms with Gasteiger partial charge in [-0.2, -0.15) is 0 Å². The van der Waals surface area contributed by atoms with Crippen LogP contribution in [0.2, 0.25) is 0 Å². The van der Waals surface area contributed by atoms with E-state index in [1.807, 2.05) is 48.5 Å². The second-order valence-corrected chi connectivity index (χ2v) is 5.45. The molecule has 0 unspecified atom stereocenters. The van der Waals surface area contributed by atoms with Gasteiger partial charge in [-0.15, -0.1) is 0 Å². The fourth-order valence-electron chi connectivity index (χ4n) is 1.23. The van der Waals surface area contributed by atoms with Gasteiger partial charge in [0.15, 0.2) is 5.78 Å². The fraction of sp³-hybridized carbons (Fsp3) is 0.917. The maximum Gasteiger partial charge on any atom is 0.164 e. The molecule has 0 amide bonds. The van der Waals surface area contributed by atoms with E-state index in [0.29, 0.717) is 0 Å². The first-order chi connectivity index (χ1) is 6.15. The van der Waals surface area contributed by atoms with E-state index in [4.69, 9.17) is 4.74 Å². The summed E-state index contributed by atoms with van der Waals surface area (Å²) in [7, 11) is 0. The largest absolute Gasteiger partial charge is 0.365 e. The van der Waals surface area contributed by atoms with Crippen LogP contribution in [0.1, 0.15) is 48.5 Å². The van der Waals surface area contributed by atoms with E-state index >= 15 is 0 Å². The summed E-state index contributed by atoms with van der Waals surface area (Å²) in [6.07, 6.45) is -0.269. The predicted molar refractivity (Wildman–Crippen MR) is 59.3 cm³/mol. The van der Waals surface area contributed by atoms with E-state index in [-0.39, 0.29) is 29.3 Å². The Kier molecular flexibility index (Phi) is 4.79. The van der Waals surface area contributed by atoms with Crippen LogP contribution < -0.4 is 0 Å². The summed E-state index contributed by atoms with van der Waals surface area (Å²) in [6, 6.07) is 0. The molecule has 1 atom stereocenters. The Morgan fingerprint density at radius 1 is 1.07 bits per heavy atom. The molecule has 0 saturated heterocycles. The average Bonchev–Trinajstić information content (AvgIpc) is 1.96. The molecule has 2 heteroatoms. The van der Waals surface area contributed by atoms with Crippen molar-refractivity contribution in [1.29, 1.82) is 0 Å². The van der Waals surface area contributed by atoms with Crippen LogP contribution in [0.5, 0.6) is 0 Å². The summed E-state index contributed by atoms with van der Waals surface area (Å²) in [6.45, 7) is 13.8. The number of carbonyl (C=O) groups is 1. The van der Waals surface area contributed by atoms with E-state index < -0.39 is 0 Å². The van der Waals surface area contributed by atoms with Gasteiger partial charge in [0.25, 0.3) is 0 Å². The van der Waals surface area contributed by atoms with Crippen LogP contribution in [-0.4, -0.2) is 17.5 Å². The maximum absolute atomic E-state index is 11.8. The standard InChI is InChI=1S/C12H24O2/c1-8(2)10(13)11(9(3)4)14-12(5,6)7/h8-9,11H,1-7H3/t11-/m0/s1. The van der Waals surface area contributed by atoms with Crippen LogP contribution in [0.3, 0.4) is 0 Å². The lowest BCUT2D eigenvalue weighted by Gasteiger charge is -2.30. The first-order valence-corrected chi connectivity index (χ1v) is 5.36. The zero-order valence-electron chi connectivity index (χ0n) is 10.5. The van der Waals surface area contributed by atoms with E-state index in [1.54, 1.807) is 0 Å². The number of ketones is 1. The van der Waals surface area contributed by atoms with Crippen molar-refractivity contribution in [1.82, 2.24) is 0 Å². The molecule has 0 aliphatic carbocycles. The molecule has 0 N–H and O–H groups in total. The van der Waals surface area contributed by atoms with Crippen molar-refractivity contribution in [2.75, 3.05) is 0 Å². The number of hydrogen-bond donors (Lipinski definition) is 0. The van der Waals surface area contributed by atoms with Crippen molar-refractivity contribution >= 4 is 5.78 Å². The predicted octanol–water partition coefficient (Wildman–Crippen LogP) is 3.05. The van der Waals surface area contributed by atoms with Crippen LogP contribution in [0.4, 0.5) is 0 Å². The molecular formula is C12H24O2. The van der Waals surface area contributed by atoms with Gasteiger partial charge >= 0.3 is 0 Å². The maximum atomic E-state index is 11.8. The molecule has 0 aliphatic heterocycles. The lowest BCUT2D eigenvalue weighted by Crippen LogP contribution is -2.39. The highest BCUT2D eigenvalue weighted by Gasteiger charge is 2.29. The Morgan fingerprint density at radius 3 is 1.71 bits per heavy atom. The van der Waals surface area contributed by atoms with Gasteiger partial charge in [0.2, 0.25) is 0 Å². The van der Waals surface area contributed by atoms with E-state index in [2.05, 4.69) is 0 Å². The minimum atomic E-state index is -0.269. The second kappa shape index (κ2) is 4.92. The Balaban J connectivity index is 4.54. The molecule has 0 heterocycles.